The normalized spacial score (nSPS) is 18.7. The molecule has 7 heteroatoms. The first-order valence-electron chi connectivity index (χ1n) is 6.68. The van der Waals surface area contributed by atoms with E-state index in [1.807, 2.05) is 24.3 Å². The predicted octanol–water partition coefficient (Wildman–Crippen LogP) is 0.600. The van der Waals surface area contributed by atoms with E-state index in [1.54, 1.807) is 4.68 Å². The molecular formula is C13H16N6O. The van der Waals surface area contributed by atoms with Gasteiger partial charge in [0.15, 0.2) is 0 Å². The molecular weight excluding hydrogens is 256 g/mol. The second-order valence-electron chi connectivity index (χ2n) is 4.83. The topological polar surface area (TPSA) is 84.7 Å². The molecule has 2 aromatic rings. The summed E-state index contributed by atoms with van der Waals surface area (Å²) in [6, 6.07) is 7.44. The van der Waals surface area contributed by atoms with Crippen molar-refractivity contribution in [1.82, 2.24) is 25.5 Å². The minimum Gasteiger partial charge on any atom is -0.326 e. The van der Waals surface area contributed by atoms with Crippen molar-refractivity contribution in [2.75, 3.05) is 18.4 Å². The second kappa shape index (κ2) is 5.79. The zero-order valence-corrected chi connectivity index (χ0v) is 11.0. The van der Waals surface area contributed by atoms with Crippen LogP contribution < -0.4 is 10.6 Å². The molecule has 20 heavy (non-hydrogen) atoms. The van der Waals surface area contributed by atoms with Crippen molar-refractivity contribution in [3.63, 3.8) is 0 Å². The van der Waals surface area contributed by atoms with Crippen molar-refractivity contribution < 1.29 is 4.79 Å². The van der Waals surface area contributed by atoms with Gasteiger partial charge in [0.1, 0.15) is 6.33 Å². The first-order chi connectivity index (χ1) is 9.83. The lowest BCUT2D eigenvalue weighted by Crippen LogP contribution is -2.37. The standard InChI is InChI=1S/C13H16N6O/c20-13(10-2-1-7-14-8-10)16-11-3-5-12(6-4-11)19-9-15-17-18-19/h3-6,9-10,14H,1-2,7-8H2,(H,16,20)/t10-/m1/s1. The molecule has 0 aliphatic carbocycles. The minimum absolute atomic E-state index is 0.0583. The predicted molar refractivity (Wildman–Crippen MR) is 73.4 cm³/mol. The number of carbonyl (C=O) groups is 1. The summed E-state index contributed by atoms with van der Waals surface area (Å²) in [5.74, 6) is 0.135. The van der Waals surface area contributed by atoms with Gasteiger partial charge < -0.3 is 10.6 Å². The summed E-state index contributed by atoms with van der Waals surface area (Å²) >= 11 is 0. The third-order valence-corrected chi connectivity index (χ3v) is 3.42. The van der Waals surface area contributed by atoms with Gasteiger partial charge in [-0.05, 0) is 54.1 Å². The van der Waals surface area contributed by atoms with Crippen LogP contribution in [0.4, 0.5) is 5.69 Å². The summed E-state index contributed by atoms with van der Waals surface area (Å²) in [5.41, 5.74) is 1.64. The van der Waals surface area contributed by atoms with E-state index in [9.17, 15) is 4.79 Å². The fraction of sp³-hybridized carbons (Fsp3) is 0.385. The minimum atomic E-state index is 0.0583. The number of nitrogens with zero attached hydrogens (tertiary/aromatic N) is 4. The van der Waals surface area contributed by atoms with Gasteiger partial charge in [-0.15, -0.1) is 5.10 Å². The van der Waals surface area contributed by atoms with Gasteiger partial charge in [-0.25, -0.2) is 4.68 Å². The highest BCUT2D eigenvalue weighted by molar-refractivity contribution is 5.92. The molecule has 1 saturated heterocycles. The first kappa shape index (κ1) is 12.7. The monoisotopic (exact) mass is 272 g/mol. The van der Waals surface area contributed by atoms with E-state index in [4.69, 9.17) is 0 Å². The summed E-state index contributed by atoms with van der Waals surface area (Å²) in [7, 11) is 0. The van der Waals surface area contributed by atoms with E-state index in [0.29, 0.717) is 0 Å². The Hall–Kier alpha value is -2.28. The molecule has 1 amide bonds. The Balaban J connectivity index is 1.64. The highest BCUT2D eigenvalue weighted by atomic mass is 16.1. The summed E-state index contributed by atoms with van der Waals surface area (Å²) in [6.07, 6.45) is 3.53. The number of carbonyl (C=O) groups excluding carboxylic acids is 1. The fourth-order valence-corrected chi connectivity index (χ4v) is 2.30. The zero-order valence-electron chi connectivity index (χ0n) is 11.0. The molecule has 2 N–H and O–H groups in total. The number of aromatic nitrogens is 4. The number of piperidine rings is 1. The van der Waals surface area contributed by atoms with Crippen molar-refractivity contribution in [2.24, 2.45) is 5.92 Å². The molecule has 1 aliphatic heterocycles. The zero-order chi connectivity index (χ0) is 13.8. The maximum absolute atomic E-state index is 12.1. The van der Waals surface area contributed by atoms with Crippen LogP contribution in [0.3, 0.4) is 0 Å². The number of rotatable bonds is 3. The average molecular weight is 272 g/mol. The lowest BCUT2D eigenvalue weighted by molar-refractivity contribution is -0.120. The Morgan fingerprint density at radius 2 is 2.20 bits per heavy atom. The third-order valence-electron chi connectivity index (χ3n) is 3.42. The summed E-state index contributed by atoms with van der Waals surface area (Å²) in [5, 5.41) is 17.2. The van der Waals surface area contributed by atoms with Crippen LogP contribution in [-0.4, -0.2) is 39.2 Å². The second-order valence-corrected chi connectivity index (χ2v) is 4.83. The highest BCUT2D eigenvalue weighted by Crippen LogP contribution is 2.16. The SMILES string of the molecule is O=C(Nc1ccc(-n2cnnn2)cc1)[C@@H]1CCCNC1. The van der Waals surface area contributed by atoms with Crippen LogP contribution in [0.1, 0.15) is 12.8 Å². The van der Waals surface area contributed by atoms with Crippen molar-refractivity contribution in [1.29, 1.82) is 0 Å². The molecule has 1 fully saturated rings. The summed E-state index contributed by atoms with van der Waals surface area (Å²) in [4.78, 5) is 12.1. The van der Waals surface area contributed by atoms with Gasteiger partial charge >= 0.3 is 0 Å². The van der Waals surface area contributed by atoms with Crippen LogP contribution >= 0.6 is 0 Å². The van der Waals surface area contributed by atoms with E-state index < -0.39 is 0 Å². The van der Waals surface area contributed by atoms with Crippen molar-refractivity contribution in [3.05, 3.63) is 30.6 Å². The molecule has 104 valence electrons. The van der Waals surface area contributed by atoms with Crippen LogP contribution in [0.2, 0.25) is 0 Å². The van der Waals surface area contributed by atoms with Crippen molar-refractivity contribution >= 4 is 11.6 Å². The number of anilines is 1. The van der Waals surface area contributed by atoms with E-state index in [0.717, 1.165) is 37.3 Å². The van der Waals surface area contributed by atoms with Crippen LogP contribution in [0.5, 0.6) is 0 Å². The maximum atomic E-state index is 12.1. The number of tetrazole rings is 1. The molecule has 2 heterocycles. The fourth-order valence-electron chi connectivity index (χ4n) is 2.30. The van der Waals surface area contributed by atoms with Crippen molar-refractivity contribution in [3.8, 4) is 5.69 Å². The summed E-state index contributed by atoms with van der Waals surface area (Å²) in [6.45, 7) is 1.76. The number of hydrogen-bond acceptors (Lipinski definition) is 5. The molecule has 0 unspecified atom stereocenters. The largest absolute Gasteiger partial charge is 0.326 e. The lowest BCUT2D eigenvalue weighted by atomic mass is 9.99. The van der Waals surface area contributed by atoms with Crippen LogP contribution in [-0.2, 0) is 4.79 Å². The quantitative estimate of drug-likeness (QED) is 0.854. The number of benzene rings is 1. The van der Waals surface area contributed by atoms with Gasteiger partial charge in [-0.2, -0.15) is 0 Å². The van der Waals surface area contributed by atoms with Crippen LogP contribution in [0.25, 0.3) is 5.69 Å². The maximum Gasteiger partial charge on any atom is 0.228 e. The Morgan fingerprint density at radius 3 is 2.85 bits per heavy atom. The van der Waals surface area contributed by atoms with Gasteiger partial charge in [-0.3, -0.25) is 4.79 Å². The van der Waals surface area contributed by atoms with Gasteiger partial charge in [0.05, 0.1) is 11.6 Å². The first-order valence-corrected chi connectivity index (χ1v) is 6.68. The van der Waals surface area contributed by atoms with Crippen LogP contribution in [0, 0.1) is 5.92 Å². The van der Waals surface area contributed by atoms with E-state index in [-0.39, 0.29) is 11.8 Å². The van der Waals surface area contributed by atoms with E-state index in [2.05, 4.69) is 26.2 Å². The van der Waals surface area contributed by atoms with Gasteiger partial charge in [0, 0.05) is 12.2 Å². The Morgan fingerprint density at radius 1 is 1.35 bits per heavy atom. The number of nitrogens with one attached hydrogen (secondary N) is 2. The molecule has 1 aliphatic rings. The smallest absolute Gasteiger partial charge is 0.228 e. The number of amides is 1. The summed E-state index contributed by atoms with van der Waals surface area (Å²) < 4.78 is 1.57. The Labute approximate surface area is 116 Å². The van der Waals surface area contributed by atoms with Gasteiger partial charge in [0.2, 0.25) is 5.91 Å². The Kier molecular flexibility index (Phi) is 3.69. The molecule has 0 radical (unpaired) electrons. The molecule has 1 atom stereocenters. The van der Waals surface area contributed by atoms with Crippen molar-refractivity contribution in [2.45, 2.75) is 12.8 Å². The van der Waals surface area contributed by atoms with Gasteiger partial charge in [-0.1, -0.05) is 0 Å². The number of hydrogen-bond donors (Lipinski definition) is 2. The van der Waals surface area contributed by atoms with Crippen LogP contribution in [0.15, 0.2) is 30.6 Å². The molecule has 3 rings (SSSR count). The average Bonchev–Trinajstić information content (AvgIpc) is 3.03. The lowest BCUT2D eigenvalue weighted by Gasteiger charge is -2.21. The third kappa shape index (κ3) is 2.83. The molecule has 1 aromatic heterocycles. The molecule has 7 nitrogen and oxygen atoms in total. The molecule has 1 aromatic carbocycles. The highest BCUT2D eigenvalue weighted by Gasteiger charge is 2.20. The molecule has 0 saturated carbocycles. The van der Waals surface area contributed by atoms with Gasteiger partial charge in [0.25, 0.3) is 0 Å². The Bertz CT molecular complexity index is 559. The molecule has 0 bridgehead atoms. The van der Waals surface area contributed by atoms with E-state index in [1.165, 1.54) is 6.33 Å². The van der Waals surface area contributed by atoms with E-state index >= 15 is 0 Å². The molecule has 0 spiro atoms.